The zero-order valence-corrected chi connectivity index (χ0v) is 33.2. The van der Waals surface area contributed by atoms with Crippen LogP contribution in [-0.4, -0.2) is 0 Å². The van der Waals surface area contributed by atoms with Gasteiger partial charge in [-0.3, -0.25) is 0 Å². The van der Waals surface area contributed by atoms with Crippen LogP contribution in [-0.2, 0) is 5.41 Å². The van der Waals surface area contributed by atoms with E-state index in [4.69, 9.17) is 4.42 Å². The number of anilines is 3. The molecule has 2 aliphatic carbocycles. The van der Waals surface area contributed by atoms with E-state index in [1.54, 1.807) is 0 Å². The van der Waals surface area contributed by atoms with E-state index < -0.39 is 5.41 Å². The fourth-order valence-electron chi connectivity index (χ4n) is 10.7. The summed E-state index contributed by atoms with van der Waals surface area (Å²) >= 11 is 0. The summed E-state index contributed by atoms with van der Waals surface area (Å²) in [6, 6.07) is 82.3. The lowest BCUT2D eigenvalue weighted by Crippen LogP contribution is -2.26. The maximum atomic E-state index is 6.63. The minimum atomic E-state index is -0.457. The topological polar surface area (TPSA) is 16.4 Å². The first-order valence-corrected chi connectivity index (χ1v) is 21.1. The van der Waals surface area contributed by atoms with Gasteiger partial charge in [-0.1, -0.05) is 176 Å². The number of benzene rings is 10. The van der Waals surface area contributed by atoms with Gasteiger partial charge in [-0.25, -0.2) is 0 Å². The van der Waals surface area contributed by atoms with Crippen molar-refractivity contribution < 1.29 is 4.42 Å². The summed E-state index contributed by atoms with van der Waals surface area (Å²) < 4.78 is 6.63. The Morgan fingerprint density at radius 3 is 1.54 bits per heavy atom. The Bertz CT molecular complexity index is 3480. The summed E-state index contributed by atoms with van der Waals surface area (Å²) in [5.74, 6) is 0. The molecule has 0 atom stereocenters. The lowest BCUT2D eigenvalue weighted by atomic mass is 9.70. The minimum absolute atomic E-state index is 0.457. The maximum Gasteiger partial charge on any atom is 0.136 e. The number of furan rings is 1. The Morgan fingerprint density at radius 2 is 0.852 bits per heavy atom. The van der Waals surface area contributed by atoms with E-state index in [1.165, 1.54) is 66.4 Å². The highest BCUT2D eigenvalue weighted by Crippen LogP contribution is 2.63. The van der Waals surface area contributed by atoms with Crippen LogP contribution in [0.3, 0.4) is 0 Å². The molecule has 13 rings (SSSR count). The van der Waals surface area contributed by atoms with Crippen molar-refractivity contribution in [3.8, 4) is 44.5 Å². The van der Waals surface area contributed by atoms with E-state index >= 15 is 0 Å². The Kier molecular flexibility index (Phi) is 7.26. The molecule has 0 bridgehead atoms. The van der Waals surface area contributed by atoms with Crippen LogP contribution in [0.15, 0.2) is 229 Å². The molecule has 0 aliphatic heterocycles. The molecular weight excluding hydrogens is 739 g/mol. The Balaban J connectivity index is 1.07. The van der Waals surface area contributed by atoms with Gasteiger partial charge in [-0.2, -0.15) is 0 Å². The number of para-hydroxylation sites is 1. The Morgan fingerprint density at radius 1 is 0.328 bits per heavy atom. The Labute approximate surface area is 354 Å². The summed E-state index contributed by atoms with van der Waals surface area (Å²) in [4.78, 5) is 2.46. The standard InChI is InChI=1S/C59H37NO/c1-2-15-38(16-3-1)39-29-31-42(32-30-39)60(55-27-13-9-22-48(55)49-23-14-28-56-58(49)50-35-40-17-4-5-18-41(40)36-57(50)61-56)43-33-34-47-46-21-8-12-26-53(46)59(54(47)37-43)51-24-10-6-19-44(51)45-20-7-11-25-52(45)59/h1-37H. The molecule has 2 heteroatoms. The first-order valence-electron chi connectivity index (χ1n) is 21.1. The quantitative estimate of drug-likeness (QED) is 0.173. The molecule has 0 saturated carbocycles. The van der Waals surface area contributed by atoms with Crippen molar-refractivity contribution in [2.24, 2.45) is 0 Å². The summed E-state index contributed by atoms with van der Waals surface area (Å²) in [5, 5.41) is 4.61. The first-order chi connectivity index (χ1) is 30.3. The highest BCUT2D eigenvalue weighted by molar-refractivity contribution is 6.16. The van der Waals surface area contributed by atoms with Gasteiger partial charge >= 0.3 is 0 Å². The third-order valence-electron chi connectivity index (χ3n) is 13.3. The molecule has 284 valence electrons. The molecule has 0 radical (unpaired) electrons. The first kappa shape index (κ1) is 34.0. The second-order valence-electron chi connectivity index (χ2n) is 16.4. The van der Waals surface area contributed by atoms with Gasteiger partial charge in [0.1, 0.15) is 11.2 Å². The predicted octanol–water partition coefficient (Wildman–Crippen LogP) is 15.9. The van der Waals surface area contributed by atoms with Gasteiger partial charge < -0.3 is 9.32 Å². The van der Waals surface area contributed by atoms with Crippen molar-refractivity contribution in [1.82, 2.24) is 0 Å². The molecule has 0 unspecified atom stereocenters. The molecule has 1 heterocycles. The van der Waals surface area contributed by atoms with Crippen LogP contribution in [0.4, 0.5) is 17.1 Å². The third-order valence-corrected chi connectivity index (χ3v) is 13.3. The molecule has 2 nitrogen and oxygen atoms in total. The van der Waals surface area contributed by atoms with Gasteiger partial charge in [0.05, 0.1) is 11.1 Å². The van der Waals surface area contributed by atoms with Gasteiger partial charge in [0.15, 0.2) is 0 Å². The fraction of sp³-hybridized carbons (Fsp3) is 0.0169. The van der Waals surface area contributed by atoms with Crippen LogP contribution in [0.2, 0.25) is 0 Å². The van der Waals surface area contributed by atoms with Gasteiger partial charge in [-0.05, 0) is 121 Å². The van der Waals surface area contributed by atoms with Gasteiger partial charge in [-0.15, -0.1) is 0 Å². The summed E-state index contributed by atoms with van der Waals surface area (Å²) in [5.41, 5.74) is 19.7. The Hall–Kier alpha value is -7.94. The number of nitrogens with zero attached hydrogens (tertiary/aromatic N) is 1. The number of hydrogen-bond acceptors (Lipinski definition) is 2. The molecule has 61 heavy (non-hydrogen) atoms. The van der Waals surface area contributed by atoms with Crippen molar-refractivity contribution in [3.05, 3.63) is 247 Å². The molecule has 10 aromatic carbocycles. The molecule has 0 fully saturated rings. The van der Waals surface area contributed by atoms with Gasteiger partial charge in [0.2, 0.25) is 0 Å². The molecule has 1 aromatic heterocycles. The molecular formula is C59H37NO. The van der Waals surface area contributed by atoms with Crippen LogP contribution in [0.25, 0.3) is 77.2 Å². The number of hydrogen-bond donors (Lipinski definition) is 0. The van der Waals surface area contributed by atoms with Crippen molar-refractivity contribution in [2.45, 2.75) is 5.41 Å². The maximum absolute atomic E-state index is 6.63. The average molecular weight is 776 g/mol. The molecule has 0 saturated heterocycles. The lowest BCUT2D eigenvalue weighted by Gasteiger charge is -2.32. The van der Waals surface area contributed by atoms with Gasteiger partial charge in [0.25, 0.3) is 0 Å². The zero-order valence-electron chi connectivity index (χ0n) is 33.2. The normalized spacial score (nSPS) is 13.0. The monoisotopic (exact) mass is 775 g/mol. The number of rotatable bonds is 5. The molecule has 11 aromatic rings. The largest absolute Gasteiger partial charge is 0.456 e. The van der Waals surface area contributed by atoms with E-state index in [0.717, 1.165) is 50.1 Å². The van der Waals surface area contributed by atoms with Crippen LogP contribution in [0, 0.1) is 0 Å². The van der Waals surface area contributed by atoms with Crippen molar-refractivity contribution in [3.63, 3.8) is 0 Å². The summed E-state index contributed by atoms with van der Waals surface area (Å²) in [6.07, 6.45) is 0. The highest BCUT2D eigenvalue weighted by Gasteiger charge is 2.51. The fourth-order valence-corrected chi connectivity index (χ4v) is 10.7. The number of fused-ring (bicyclic) bond motifs is 14. The van der Waals surface area contributed by atoms with Crippen LogP contribution < -0.4 is 4.90 Å². The van der Waals surface area contributed by atoms with Crippen molar-refractivity contribution in [2.75, 3.05) is 4.90 Å². The van der Waals surface area contributed by atoms with Crippen molar-refractivity contribution in [1.29, 1.82) is 0 Å². The molecule has 0 N–H and O–H groups in total. The van der Waals surface area contributed by atoms with Crippen molar-refractivity contribution >= 4 is 49.8 Å². The molecule has 1 spiro atoms. The summed E-state index contributed by atoms with van der Waals surface area (Å²) in [6.45, 7) is 0. The minimum Gasteiger partial charge on any atom is -0.456 e. The van der Waals surface area contributed by atoms with Crippen LogP contribution in [0.5, 0.6) is 0 Å². The van der Waals surface area contributed by atoms with E-state index in [0.29, 0.717) is 0 Å². The van der Waals surface area contributed by atoms with E-state index in [2.05, 4.69) is 229 Å². The second kappa shape index (κ2) is 13.0. The smallest absolute Gasteiger partial charge is 0.136 e. The van der Waals surface area contributed by atoms with E-state index in [-0.39, 0.29) is 0 Å². The predicted molar refractivity (Wildman–Crippen MR) is 253 cm³/mol. The van der Waals surface area contributed by atoms with Gasteiger partial charge in [0, 0.05) is 27.7 Å². The third kappa shape index (κ3) is 4.85. The van der Waals surface area contributed by atoms with E-state index in [9.17, 15) is 0 Å². The lowest BCUT2D eigenvalue weighted by molar-refractivity contribution is 0.669. The van der Waals surface area contributed by atoms with Crippen LogP contribution in [0.1, 0.15) is 22.3 Å². The SMILES string of the molecule is c1ccc(-c2ccc(N(c3ccc4c(c3)C3(c5ccccc5-c5ccccc53)c3ccccc3-4)c3ccccc3-c3cccc4oc5cc6ccccc6cc5c34)cc2)cc1. The molecule has 2 aliphatic rings. The average Bonchev–Trinajstić information content (AvgIpc) is 3.95. The molecule has 0 amide bonds. The second-order valence-corrected chi connectivity index (χ2v) is 16.4. The van der Waals surface area contributed by atoms with E-state index in [1.807, 2.05) is 0 Å². The highest BCUT2D eigenvalue weighted by atomic mass is 16.3. The summed E-state index contributed by atoms with van der Waals surface area (Å²) in [7, 11) is 0. The zero-order chi connectivity index (χ0) is 40.1. The van der Waals surface area contributed by atoms with Crippen LogP contribution >= 0.6 is 0 Å².